The highest BCUT2D eigenvalue weighted by Gasteiger charge is 2.21. The molecule has 0 aliphatic rings. The first-order valence-corrected chi connectivity index (χ1v) is 11.2. The molecule has 0 aliphatic heterocycles. The maximum Gasteiger partial charge on any atom is 0.405 e. The number of rotatable bonds is 11. The van der Waals surface area contributed by atoms with E-state index >= 15 is 0 Å². The van der Waals surface area contributed by atoms with Gasteiger partial charge >= 0.3 is 6.09 Å². The Bertz CT molecular complexity index is 1090. The van der Waals surface area contributed by atoms with Crippen molar-refractivity contribution in [2.75, 3.05) is 5.32 Å². The Morgan fingerprint density at radius 1 is 1.06 bits per heavy atom. The highest BCUT2D eigenvalue weighted by molar-refractivity contribution is 5.96. The Morgan fingerprint density at radius 2 is 1.74 bits per heavy atom. The standard InChI is InChI=1S/C25H30N4O5/c1-2-3-4-23-26-14-20(16-30)29(23)15-18-5-9-19(10-6-18)27-24(32)22(28-25(33)34)13-17-7-11-21(31)12-8-17/h5-12,14,22,28,30-31H,2-4,13,15-16H2,1H3,(H,27,32)(H,33,34). The van der Waals surface area contributed by atoms with Crippen molar-refractivity contribution in [3.63, 3.8) is 0 Å². The molecule has 9 heteroatoms. The molecular formula is C25H30N4O5. The van der Waals surface area contributed by atoms with Gasteiger partial charge in [0.1, 0.15) is 17.6 Å². The molecule has 3 rings (SSSR count). The van der Waals surface area contributed by atoms with E-state index in [1.165, 1.54) is 12.1 Å². The second-order valence-corrected chi connectivity index (χ2v) is 8.07. The summed E-state index contributed by atoms with van der Waals surface area (Å²) in [6, 6.07) is 12.5. The summed E-state index contributed by atoms with van der Waals surface area (Å²) in [6.45, 7) is 2.58. The molecule has 1 atom stereocenters. The number of carbonyl (C=O) groups excluding carboxylic acids is 1. The Balaban J connectivity index is 1.68. The van der Waals surface area contributed by atoms with Crippen molar-refractivity contribution in [2.45, 2.75) is 51.8 Å². The Labute approximate surface area is 198 Å². The van der Waals surface area contributed by atoms with E-state index in [2.05, 4.69) is 22.5 Å². The number of anilines is 1. The fourth-order valence-corrected chi connectivity index (χ4v) is 3.64. The van der Waals surface area contributed by atoms with E-state index in [0.717, 1.165) is 36.3 Å². The van der Waals surface area contributed by atoms with Crippen molar-refractivity contribution < 1.29 is 24.9 Å². The number of amides is 2. The normalized spacial score (nSPS) is 11.7. The van der Waals surface area contributed by atoms with Gasteiger partial charge in [-0.2, -0.15) is 0 Å². The van der Waals surface area contributed by atoms with Gasteiger partial charge in [0.25, 0.3) is 0 Å². The van der Waals surface area contributed by atoms with Crippen molar-refractivity contribution in [3.05, 3.63) is 77.4 Å². The molecule has 5 N–H and O–H groups in total. The van der Waals surface area contributed by atoms with Crippen LogP contribution in [0.1, 0.15) is 42.4 Å². The van der Waals surface area contributed by atoms with E-state index in [1.807, 2.05) is 16.7 Å². The van der Waals surface area contributed by atoms with E-state index < -0.39 is 18.0 Å². The number of hydrogen-bond donors (Lipinski definition) is 5. The van der Waals surface area contributed by atoms with Crippen LogP contribution in [0.5, 0.6) is 5.75 Å². The fraction of sp³-hybridized carbons (Fsp3) is 0.320. The van der Waals surface area contributed by atoms with Crippen LogP contribution in [0.15, 0.2) is 54.7 Å². The Morgan fingerprint density at radius 3 is 2.35 bits per heavy atom. The summed E-state index contributed by atoms with van der Waals surface area (Å²) in [7, 11) is 0. The minimum absolute atomic E-state index is 0.0910. The van der Waals surface area contributed by atoms with Gasteiger partial charge in [-0.25, -0.2) is 9.78 Å². The van der Waals surface area contributed by atoms with Crippen molar-refractivity contribution in [3.8, 4) is 5.75 Å². The first-order valence-electron chi connectivity index (χ1n) is 11.2. The number of hydrogen-bond acceptors (Lipinski definition) is 5. The summed E-state index contributed by atoms with van der Waals surface area (Å²) in [5.74, 6) is 0.540. The zero-order valence-corrected chi connectivity index (χ0v) is 19.1. The van der Waals surface area contributed by atoms with Crippen LogP contribution in [0.4, 0.5) is 10.5 Å². The van der Waals surface area contributed by atoms with Crippen LogP contribution >= 0.6 is 0 Å². The minimum atomic E-state index is -1.30. The zero-order valence-electron chi connectivity index (χ0n) is 19.1. The van der Waals surface area contributed by atoms with Crippen molar-refractivity contribution in [2.24, 2.45) is 0 Å². The lowest BCUT2D eigenvalue weighted by Crippen LogP contribution is -2.44. The number of nitrogens with zero attached hydrogens (tertiary/aromatic N) is 2. The minimum Gasteiger partial charge on any atom is -0.508 e. The van der Waals surface area contributed by atoms with Crippen molar-refractivity contribution in [1.82, 2.24) is 14.9 Å². The van der Waals surface area contributed by atoms with E-state index in [4.69, 9.17) is 5.11 Å². The number of imidazole rings is 1. The average molecular weight is 467 g/mol. The largest absolute Gasteiger partial charge is 0.508 e. The molecule has 2 amide bonds. The summed E-state index contributed by atoms with van der Waals surface area (Å²) >= 11 is 0. The van der Waals surface area contributed by atoms with Crippen LogP contribution in [0.2, 0.25) is 0 Å². The number of aliphatic hydroxyl groups is 1. The van der Waals surface area contributed by atoms with Gasteiger partial charge in [-0.3, -0.25) is 4.79 Å². The second kappa shape index (κ2) is 11.9. The van der Waals surface area contributed by atoms with Gasteiger partial charge in [0, 0.05) is 25.1 Å². The highest BCUT2D eigenvalue weighted by atomic mass is 16.4. The molecule has 180 valence electrons. The van der Waals surface area contributed by atoms with Gasteiger partial charge in [0.2, 0.25) is 5.91 Å². The molecule has 34 heavy (non-hydrogen) atoms. The highest BCUT2D eigenvalue weighted by Crippen LogP contribution is 2.17. The summed E-state index contributed by atoms with van der Waals surface area (Å²) in [5.41, 5.74) is 2.98. The average Bonchev–Trinajstić information content (AvgIpc) is 3.21. The molecule has 0 bridgehead atoms. The molecule has 2 aromatic carbocycles. The number of aromatic hydroxyl groups is 1. The molecule has 0 spiro atoms. The number of aromatic nitrogens is 2. The SMILES string of the molecule is CCCCc1ncc(CO)n1Cc1ccc(NC(=O)C(Cc2ccc(O)cc2)NC(=O)O)cc1. The van der Waals surface area contributed by atoms with Crippen LogP contribution in [-0.4, -0.2) is 42.9 Å². The van der Waals surface area contributed by atoms with Crippen LogP contribution in [0.3, 0.4) is 0 Å². The summed E-state index contributed by atoms with van der Waals surface area (Å²) < 4.78 is 2.01. The van der Waals surface area contributed by atoms with E-state index in [9.17, 15) is 19.8 Å². The first-order chi connectivity index (χ1) is 16.4. The van der Waals surface area contributed by atoms with Gasteiger partial charge < -0.3 is 30.5 Å². The molecule has 1 heterocycles. The lowest BCUT2D eigenvalue weighted by atomic mass is 10.0. The van der Waals surface area contributed by atoms with Gasteiger partial charge in [-0.15, -0.1) is 0 Å². The van der Waals surface area contributed by atoms with Crippen LogP contribution in [0.25, 0.3) is 0 Å². The Hall–Kier alpha value is -3.85. The monoisotopic (exact) mass is 466 g/mol. The summed E-state index contributed by atoms with van der Waals surface area (Å²) in [6.07, 6.45) is 3.45. The number of carbonyl (C=O) groups is 2. The maximum atomic E-state index is 12.8. The number of unbranched alkanes of at least 4 members (excludes halogenated alkanes) is 1. The summed E-state index contributed by atoms with van der Waals surface area (Å²) in [4.78, 5) is 28.4. The van der Waals surface area contributed by atoms with E-state index in [0.29, 0.717) is 17.8 Å². The van der Waals surface area contributed by atoms with Gasteiger partial charge in [0.15, 0.2) is 0 Å². The molecule has 0 saturated carbocycles. The molecule has 9 nitrogen and oxygen atoms in total. The molecule has 0 radical (unpaired) electrons. The number of aryl methyl sites for hydroxylation is 1. The smallest absolute Gasteiger partial charge is 0.405 e. The third kappa shape index (κ3) is 6.82. The number of phenolic OH excluding ortho intramolecular Hbond substituents is 1. The third-order valence-electron chi connectivity index (χ3n) is 5.49. The predicted octanol–water partition coefficient (Wildman–Crippen LogP) is 3.29. The topological polar surface area (TPSA) is 137 Å². The summed E-state index contributed by atoms with van der Waals surface area (Å²) in [5, 5.41) is 33.2. The third-order valence-corrected chi connectivity index (χ3v) is 5.49. The van der Waals surface area contributed by atoms with Gasteiger partial charge in [-0.05, 0) is 41.8 Å². The van der Waals surface area contributed by atoms with Gasteiger partial charge in [-0.1, -0.05) is 37.6 Å². The van der Waals surface area contributed by atoms with Crippen LogP contribution < -0.4 is 10.6 Å². The van der Waals surface area contributed by atoms with Gasteiger partial charge in [0.05, 0.1) is 18.5 Å². The molecule has 0 saturated heterocycles. The molecule has 3 aromatic rings. The fourth-order valence-electron chi connectivity index (χ4n) is 3.64. The molecule has 0 aliphatic carbocycles. The quantitative estimate of drug-likeness (QED) is 0.294. The van der Waals surface area contributed by atoms with Crippen molar-refractivity contribution >= 4 is 17.7 Å². The molecule has 1 aromatic heterocycles. The molecule has 0 fully saturated rings. The zero-order chi connectivity index (χ0) is 24.5. The number of benzene rings is 2. The van der Waals surface area contributed by atoms with Crippen LogP contribution in [0, 0.1) is 0 Å². The van der Waals surface area contributed by atoms with Crippen molar-refractivity contribution in [1.29, 1.82) is 0 Å². The number of aliphatic hydroxyl groups excluding tert-OH is 1. The number of carboxylic acid groups (broad SMARTS) is 1. The van der Waals surface area contributed by atoms with E-state index in [-0.39, 0.29) is 18.8 Å². The van der Waals surface area contributed by atoms with E-state index in [1.54, 1.807) is 30.5 Å². The molecular weight excluding hydrogens is 436 g/mol. The molecule has 1 unspecified atom stereocenters. The first kappa shape index (κ1) is 24.8. The predicted molar refractivity (Wildman–Crippen MR) is 128 cm³/mol. The van der Waals surface area contributed by atoms with Crippen LogP contribution in [-0.2, 0) is 30.8 Å². The number of phenols is 1. The lowest BCUT2D eigenvalue weighted by molar-refractivity contribution is -0.118. The Kier molecular flexibility index (Phi) is 8.64. The second-order valence-electron chi connectivity index (χ2n) is 8.07. The maximum absolute atomic E-state index is 12.8. The lowest BCUT2D eigenvalue weighted by Gasteiger charge is -2.17. The number of nitrogens with one attached hydrogen (secondary N) is 2.